The Bertz CT molecular complexity index is 803. The lowest BCUT2D eigenvalue weighted by atomic mass is 10.0. The van der Waals surface area contributed by atoms with Crippen LogP contribution < -0.4 is 10.2 Å². The number of rotatable bonds is 6. The molecule has 9 nitrogen and oxygen atoms in total. The predicted molar refractivity (Wildman–Crippen MR) is 104 cm³/mol. The summed E-state index contributed by atoms with van der Waals surface area (Å²) in [6, 6.07) is 0.789. The van der Waals surface area contributed by atoms with Crippen LogP contribution in [0, 0.1) is 0 Å². The Kier molecular flexibility index (Phi) is 5.41. The van der Waals surface area contributed by atoms with Crippen molar-refractivity contribution in [2.24, 2.45) is 0 Å². The van der Waals surface area contributed by atoms with Gasteiger partial charge in [-0.2, -0.15) is 0 Å². The SMILES string of the molecule is CNC(=O)CCC(C=O)N1C(=O)c2cc(N3CCC4(CC3)OCCO4)sc2C1=O. The van der Waals surface area contributed by atoms with E-state index in [1.54, 1.807) is 6.07 Å². The molecule has 2 saturated heterocycles. The zero-order chi connectivity index (χ0) is 20.6. The zero-order valence-corrected chi connectivity index (χ0v) is 17.0. The molecule has 3 amide bonds. The highest BCUT2D eigenvalue weighted by Gasteiger charge is 2.44. The van der Waals surface area contributed by atoms with Gasteiger partial charge in [0.05, 0.1) is 29.8 Å². The summed E-state index contributed by atoms with van der Waals surface area (Å²) in [6.45, 7) is 2.66. The second-order valence-electron chi connectivity index (χ2n) is 7.32. The van der Waals surface area contributed by atoms with E-state index in [0.717, 1.165) is 22.7 Å². The average Bonchev–Trinajstić information content (AvgIpc) is 3.43. The summed E-state index contributed by atoms with van der Waals surface area (Å²) in [4.78, 5) is 52.0. The van der Waals surface area contributed by atoms with Crippen LogP contribution in [0.2, 0.25) is 0 Å². The van der Waals surface area contributed by atoms with Crippen molar-refractivity contribution in [3.05, 3.63) is 16.5 Å². The van der Waals surface area contributed by atoms with Gasteiger partial charge in [-0.15, -0.1) is 11.3 Å². The van der Waals surface area contributed by atoms with Gasteiger partial charge in [0.2, 0.25) is 5.91 Å². The van der Waals surface area contributed by atoms with Crippen molar-refractivity contribution in [2.75, 3.05) is 38.3 Å². The van der Waals surface area contributed by atoms with E-state index >= 15 is 0 Å². The predicted octanol–water partition coefficient (Wildman–Crippen LogP) is 0.781. The molecule has 1 aromatic heterocycles. The molecular formula is C19H23N3O6S. The second-order valence-corrected chi connectivity index (χ2v) is 8.35. The molecule has 0 saturated carbocycles. The topological polar surface area (TPSA) is 105 Å². The number of imide groups is 1. The van der Waals surface area contributed by atoms with E-state index in [9.17, 15) is 19.2 Å². The first kappa shape index (κ1) is 20.0. The van der Waals surface area contributed by atoms with Crippen LogP contribution in [-0.4, -0.2) is 74.1 Å². The maximum Gasteiger partial charge on any atom is 0.272 e. The Balaban J connectivity index is 1.45. The van der Waals surface area contributed by atoms with Crippen LogP contribution in [0.4, 0.5) is 5.00 Å². The van der Waals surface area contributed by atoms with Gasteiger partial charge >= 0.3 is 0 Å². The van der Waals surface area contributed by atoms with Crippen molar-refractivity contribution < 1.29 is 28.7 Å². The van der Waals surface area contributed by atoms with Gasteiger partial charge in [0.25, 0.3) is 11.8 Å². The summed E-state index contributed by atoms with van der Waals surface area (Å²) >= 11 is 1.27. The molecule has 1 aromatic rings. The van der Waals surface area contributed by atoms with Crippen molar-refractivity contribution in [3.8, 4) is 0 Å². The Morgan fingerprint density at radius 3 is 2.55 bits per heavy atom. The molecule has 4 heterocycles. The number of carbonyl (C=O) groups excluding carboxylic acids is 4. The van der Waals surface area contributed by atoms with Gasteiger partial charge in [-0.05, 0) is 12.5 Å². The second kappa shape index (κ2) is 7.85. The zero-order valence-electron chi connectivity index (χ0n) is 16.1. The fraction of sp³-hybridized carbons (Fsp3) is 0.579. The molecule has 156 valence electrons. The molecule has 3 aliphatic rings. The van der Waals surface area contributed by atoms with Crippen LogP contribution in [-0.2, 0) is 19.1 Å². The first-order valence-corrected chi connectivity index (χ1v) is 10.5. The van der Waals surface area contributed by atoms with Gasteiger partial charge in [-0.25, -0.2) is 0 Å². The Hall–Kier alpha value is -2.30. The molecule has 2 fully saturated rings. The number of nitrogens with zero attached hydrogens (tertiary/aromatic N) is 2. The number of hydrogen-bond acceptors (Lipinski definition) is 8. The fourth-order valence-corrected chi connectivity index (χ4v) is 5.14. The third-order valence-corrected chi connectivity index (χ3v) is 6.85. The van der Waals surface area contributed by atoms with E-state index in [1.807, 2.05) is 0 Å². The summed E-state index contributed by atoms with van der Waals surface area (Å²) in [5, 5.41) is 3.33. The average molecular weight is 421 g/mol. The Labute approximate surface area is 171 Å². The molecule has 4 rings (SSSR count). The summed E-state index contributed by atoms with van der Waals surface area (Å²) in [5.74, 6) is -1.67. The highest BCUT2D eigenvalue weighted by Crippen LogP contribution is 2.40. The van der Waals surface area contributed by atoms with E-state index in [4.69, 9.17) is 9.47 Å². The van der Waals surface area contributed by atoms with Crippen molar-refractivity contribution >= 4 is 40.3 Å². The van der Waals surface area contributed by atoms with Crippen molar-refractivity contribution in [1.29, 1.82) is 0 Å². The smallest absolute Gasteiger partial charge is 0.272 e. The van der Waals surface area contributed by atoms with Crippen molar-refractivity contribution in [3.63, 3.8) is 0 Å². The molecule has 1 unspecified atom stereocenters. The van der Waals surface area contributed by atoms with Crippen LogP contribution in [0.3, 0.4) is 0 Å². The number of ether oxygens (including phenoxy) is 2. The highest BCUT2D eigenvalue weighted by atomic mass is 32.1. The van der Waals surface area contributed by atoms with Crippen LogP contribution in [0.25, 0.3) is 0 Å². The molecule has 0 bridgehead atoms. The monoisotopic (exact) mass is 421 g/mol. The van der Waals surface area contributed by atoms with Gasteiger partial charge in [0.15, 0.2) is 5.79 Å². The third-order valence-electron chi connectivity index (χ3n) is 5.67. The first-order valence-electron chi connectivity index (χ1n) is 9.68. The summed E-state index contributed by atoms with van der Waals surface area (Å²) < 4.78 is 11.5. The Morgan fingerprint density at radius 1 is 1.28 bits per heavy atom. The van der Waals surface area contributed by atoms with Gasteiger partial charge in [0, 0.05) is 39.4 Å². The molecule has 0 aliphatic carbocycles. The third kappa shape index (κ3) is 3.56. The quantitative estimate of drug-likeness (QED) is 0.535. The molecular weight excluding hydrogens is 398 g/mol. The maximum absolute atomic E-state index is 12.8. The lowest BCUT2D eigenvalue weighted by Gasteiger charge is -2.38. The maximum atomic E-state index is 12.8. The van der Waals surface area contributed by atoms with Crippen molar-refractivity contribution in [1.82, 2.24) is 10.2 Å². The number of anilines is 1. The number of hydrogen-bond donors (Lipinski definition) is 1. The number of aldehydes is 1. The molecule has 1 atom stereocenters. The molecule has 29 heavy (non-hydrogen) atoms. The van der Waals surface area contributed by atoms with Gasteiger partial charge in [0.1, 0.15) is 11.2 Å². The van der Waals surface area contributed by atoms with E-state index in [-0.39, 0.29) is 18.7 Å². The first-order chi connectivity index (χ1) is 14.0. The highest BCUT2D eigenvalue weighted by molar-refractivity contribution is 7.18. The van der Waals surface area contributed by atoms with Gasteiger partial charge in [-0.1, -0.05) is 0 Å². The molecule has 0 radical (unpaired) electrons. The minimum Gasteiger partial charge on any atom is -0.363 e. The normalized spacial score (nSPS) is 21.6. The molecule has 0 aromatic carbocycles. The number of fused-ring (bicyclic) bond motifs is 1. The lowest BCUT2D eigenvalue weighted by Crippen LogP contribution is -2.45. The van der Waals surface area contributed by atoms with Crippen LogP contribution in [0.15, 0.2) is 6.07 Å². The summed E-state index contributed by atoms with van der Waals surface area (Å²) in [5.41, 5.74) is 0.329. The number of nitrogens with one attached hydrogen (secondary N) is 1. The largest absolute Gasteiger partial charge is 0.363 e. The van der Waals surface area contributed by atoms with E-state index in [1.165, 1.54) is 18.4 Å². The molecule has 1 N–H and O–H groups in total. The van der Waals surface area contributed by atoms with E-state index in [0.29, 0.717) is 43.0 Å². The number of amides is 3. The minimum absolute atomic E-state index is 0.0650. The summed E-state index contributed by atoms with van der Waals surface area (Å²) in [7, 11) is 1.50. The minimum atomic E-state index is -0.943. The molecule has 1 spiro atoms. The number of piperidine rings is 1. The molecule has 10 heteroatoms. The fourth-order valence-electron chi connectivity index (χ4n) is 4.00. The Morgan fingerprint density at radius 2 is 1.97 bits per heavy atom. The van der Waals surface area contributed by atoms with Crippen LogP contribution in [0.5, 0.6) is 0 Å². The van der Waals surface area contributed by atoms with Crippen LogP contribution >= 0.6 is 11.3 Å². The standard InChI is InChI=1S/C19H23N3O6S/c1-20-14(24)3-2-12(11-23)22-17(25)13-10-15(29-16(13)18(22)26)21-6-4-19(5-7-21)27-8-9-28-19/h10-12H,2-9H2,1H3,(H,20,24). The van der Waals surface area contributed by atoms with Crippen molar-refractivity contribution in [2.45, 2.75) is 37.5 Å². The van der Waals surface area contributed by atoms with Gasteiger partial charge < -0.3 is 24.5 Å². The number of carbonyl (C=O) groups is 4. The summed E-state index contributed by atoms with van der Waals surface area (Å²) in [6.07, 6.45) is 2.20. The van der Waals surface area contributed by atoms with Crippen LogP contribution in [0.1, 0.15) is 45.7 Å². The van der Waals surface area contributed by atoms with Gasteiger partial charge in [-0.3, -0.25) is 19.3 Å². The van der Waals surface area contributed by atoms with E-state index < -0.39 is 23.6 Å². The van der Waals surface area contributed by atoms with E-state index in [2.05, 4.69) is 10.2 Å². The lowest BCUT2D eigenvalue weighted by molar-refractivity contribution is -0.169. The molecule has 3 aliphatic heterocycles. The number of thiophene rings is 1.